The monoisotopic (exact) mass is 405 g/mol. The Balaban J connectivity index is 1.22. The number of aryl methyl sites for hydroxylation is 1. The Bertz CT molecular complexity index is 901. The molecule has 1 saturated heterocycles. The van der Waals surface area contributed by atoms with Crippen molar-refractivity contribution >= 4 is 5.91 Å². The van der Waals surface area contributed by atoms with Crippen LogP contribution in [-0.2, 0) is 12.8 Å². The summed E-state index contributed by atoms with van der Waals surface area (Å²) in [6.07, 6.45) is 9.64. The van der Waals surface area contributed by atoms with E-state index in [1.165, 1.54) is 42.4 Å². The van der Waals surface area contributed by atoms with Crippen LogP contribution in [0.25, 0.3) is 0 Å². The lowest BCUT2D eigenvalue weighted by Gasteiger charge is -2.33. The first-order valence-corrected chi connectivity index (χ1v) is 11.4. The molecule has 2 heterocycles. The SMILES string of the molecule is CN(C(=O)c1ccc(OCC2CC2)cn1)[C@H]1CCc2cc(C3CCCN3)ccc2C1. The van der Waals surface area contributed by atoms with Crippen molar-refractivity contribution in [3.63, 3.8) is 0 Å². The molecule has 0 spiro atoms. The maximum Gasteiger partial charge on any atom is 0.272 e. The highest BCUT2D eigenvalue weighted by atomic mass is 16.5. The molecule has 0 radical (unpaired) electrons. The lowest BCUT2D eigenvalue weighted by Crippen LogP contribution is -2.41. The maximum absolute atomic E-state index is 13.0. The zero-order valence-corrected chi connectivity index (χ0v) is 17.8. The van der Waals surface area contributed by atoms with Crippen molar-refractivity contribution in [2.45, 2.75) is 57.0 Å². The molecule has 5 nitrogen and oxygen atoms in total. The number of nitrogens with zero attached hydrogens (tertiary/aromatic N) is 2. The zero-order valence-electron chi connectivity index (χ0n) is 17.8. The molecule has 1 saturated carbocycles. The van der Waals surface area contributed by atoms with Gasteiger partial charge < -0.3 is 15.0 Å². The van der Waals surface area contributed by atoms with E-state index in [4.69, 9.17) is 4.74 Å². The predicted molar refractivity (Wildman–Crippen MR) is 117 cm³/mol. The van der Waals surface area contributed by atoms with Crippen LogP contribution in [0.2, 0.25) is 0 Å². The highest BCUT2D eigenvalue weighted by molar-refractivity contribution is 5.92. The maximum atomic E-state index is 13.0. The number of benzene rings is 1. The summed E-state index contributed by atoms with van der Waals surface area (Å²) in [6, 6.07) is 11.3. The fraction of sp³-hybridized carbons (Fsp3) is 0.520. The summed E-state index contributed by atoms with van der Waals surface area (Å²) in [5.41, 5.74) is 4.74. The number of carbonyl (C=O) groups excluding carboxylic acids is 1. The normalized spacial score (nSPS) is 23.1. The Morgan fingerprint density at radius 2 is 2.07 bits per heavy atom. The summed E-state index contributed by atoms with van der Waals surface area (Å²) < 4.78 is 5.74. The van der Waals surface area contributed by atoms with E-state index in [0.717, 1.165) is 38.2 Å². The highest BCUT2D eigenvalue weighted by Crippen LogP contribution is 2.31. The van der Waals surface area contributed by atoms with Gasteiger partial charge in [-0.3, -0.25) is 4.79 Å². The van der Waals surface area contributed by atoms with Gasteiger partial charge in [0.05, 0.1) is 12.8 Å². The number of hydrogen-bond acceptors (Lipinski definition) is 4. The first-order chi connectivity index (χ1) is 14.7. The molecule has 1 unspecified atom stereocenters. The number of amides is 1. The van der Waals surface area contributed by atoms with Crippen LogP contribution in [0.3, 0.4) is 0 Å². The molecule has 1 aromatic carbocycles. The molecule has 0 bridgehead atoms. The van der Waals surface area contributed by atoms with Crippen molar-refractivity contribution < 1.29 is 9.53 Å². The second-order valence-corrected chi connectivity index (χ2v) is 9.12. The Morgan fingerprint density at radius 1 is 1.17 bits per heavy atom. The largest absolute Gasteiger partial charge is 0.492 e. The number of rotatable bonds is 6. The second-order valence-electron chi connectivity index (χ2n) is 9.12. The summed E-state index contributed by atoms with van der Waals surface area (Å²) in [5, 5.41) is 3.59. The van der Waals surface area contributed by atoms with Gasteiger partial charge in [-0.2, -0.15) is 0 Å². The van der Waals surface area contributed by atoms with Crippen LogP contribution in [0.4, 0.5) is 0 Å². The quantitative estimate of drug-likeness (QED) is 0.791. The molecule has 2 atom stereocenters. The van der Waals surface area contributed by atoms with Crippen molar-refractivity contribution in [1.29, 1.82) is 0 Å². The van der Waals surface area contributed by atoms with Gasteiger partial charge >= 0.3 is 0 Å². The number of ether oxygens (including phenoxy) is 1. The minimum absolute atomic E-state index is 0.0102. The van der Waals surface area contributed by atoms with Crippen molar-refractivity contribution in [3.8, 4) is 5.75 Å². The fourth-order valence-electron chi connectivity index (χ4n) is 4.71. The van der Waals surface area contributed by atoms with Gasteiger partial charge in [0.1, 0.15) is 11.4 Å². The van der Waals surface area contributed by atoms with Crippen molar-refractivity contribution in [2.24, 2.45) is 5.92 Å². The third-order valence-corrected chi connectivity index (χ3v) is 6.90. The van der Waals surface area contributed by atoms with E-state index in [1.807, 2.05) is 18.0 Å². The summed E-state index contributed by atoms with van der Waals surface area (Å²) in [7, 11) is 1.91. The molecule has 1 amide bonds. The molecule has 5 rings (SSSR count). The molecule has 158 valence electrons. The Kier molecular flexibility index (Phi) is 5.47. The van der Waals surface area contributed by atoms with Gasteiger partial charge in [-0.15, -0.1) is 0 Å². The third kappa shape index (κ3) is 4.22. The van der Waals surface area contributed by atoms with E-state index in [2.05, 4.69) is 28.5 Å². The average molecular weight is 406 g/mol. The summed E-state index contributed by atoms with van der Waals surface area (Å²) in [4.78, 5) is 19.2. The summed E-state index contributed by atoms with van der Waals surface area (Å²) >= 11 is 0. The molecular formula is C25H31N3O2. The number of likely N-dealkylation sites (N-methyl/N-ethyl adjacent to an activating group) is 1. The summed E-state index contributed by atoms with van der Waals surface area (Å²) in [5.74, 6) is 1.45. The molecule has 1 aromatic heterocycles. The first kappa shape index (κ1) is 19.6. The number of carbonyl (C=O) groups is 1. The Hall–Kier alpha value is -2.40. The highest BCUT2D eigenvalue weighted by Gasteiger charge is 2.27. The standard InChI is InChI=1S/C25H31N3O2/c1-28(25(29)24-11-10-22(15-27-24)30-16-17-4-5-17)21-9-8-18-13-20(7-6-19(18)14-21)23-3-2-12-26-23/h6-7,10-11,13,15,17,21,23,26H,2-5,8-9,12,14,16H2,1H3/t21-,23?/m0/s1. The van der Waals surface area contributed by atoms with Gasteiger partial charge in [-0.1, -0.05) is 18.2 Å². The molecule has 2 aromatic rings. The Labute approximate surface area is 178 Å². The van der Waals surface area contributed by atoms with E-state index in [1.54, 1.807) is 12.3 Å². The van der Waals surface area contributed by atoms with Crippen LogP contribution < -0.4 is 10.1 Å². The molecule has 3 aliphatic rings. The van der Waals surface area contributed by atoms with Crippen LogP contribution >= 0.6 is 0 Å². The molecule has 1 N–H and O–H groups in total. The topological polar surface area (TPSA) is 54.5 Å². The lowest BCUT2D eigenvalue weighted by molar-refractivity contribution is 0.0713. The van der Waals surface area contributed by atoms with Crippen LogP contribution in [-0.4, -0.2) is 42.0 Å². The van der Waals surface area contributed by atoms with Gasteiger partial charge in [-0.25, -0.2) is 4.98 Å². The van der Waals surface area contributed by atoms with Gasteiger partial charge in [-0.05, 0) is 86.2 Å². The van der Waals surface area contributed by atoms with Crippen molar-refractivity contribution in [3.05, 3.63) is 58.9 Å². The van der Waals surface area contributed by atoms with Gasteiger partial charge in [0.15, 0.2) is 0 Å². The second kappa shape index (κ2) is 8.38. The fourth-order valence-corrected chi connectivity index (χ4v) is 4.71. The van der Waals surface area contributed by atoms with Crippen LogP contribution in [0.1, 0.15) is 65.3 Å². The van der Waals surface area contributed by atoms with Gasteiger partial charge in [0.25, 0.3) is 5.91 Å². The van der Waals surface area contributed by atoms with E-state index >= 15 is 0 Å². The lowest BCUT2D eigenvalue weighted by atomic mass is 9.85. The van der Waals surface area contributed by atoms with Crippen LogP contribution in [0.15, 0.2) is 36.5 Å². The Morgan fingerprint density at radius 3 is 2.80 bits per heavy atom. The van der Waals surface area contributed by atoms with E-state index in [-0.39, 0.29) is 11.9 Å². The summed E-state index contributed by atoms with van der Waals surface area (Å²) in [6.45, 7) is 1.88. The molecule has 2 fully saturated rings. The van der Waals surface area contributed by atoms with Gasteiger partial charge in [0, 0.05) is 19.1 Å². The third-order valence-electron chi connectivity index (χ3n) is 6.90. The van der Waals surface area contributed by atoms with Crippen molar-refractivity contribution in [2.75, 3.05) is 20.2 Å². The van der Waals surface area contributed by atoms with Gasteiger partial charge in [0.2, 0.25) is 0 Å². The first-order valence-electron chi connectivity index (χ1n) is 11.4. The number of pyridine rings is 1. The van der Waals surface area contributed by atoms with Crippen LogP contribution in [0, 0.1) is 5.92 Å². The molecule has 1 aliphatic heterocycles. The molecule has 2 aliphatic carbocycles. The van der Waals surface area contributed by atoms with E-state index in [9.17, 15) is 4.79 Å². The smallest absolute Gasteiger partial charge is 0.272 e. The number of nitrogens with one attached hydrogen (secondary N) is 1. The number of aromatic nitrogens is 1. The number of hydrogen-bond donors (Lipinski definition) is 1. The molecule has 5 heteroatoms. The minimum atomic E-state index is -0.0102. The van der Waals surface area contributed by atoms with Crippen molar-refractivity contribution in [1.82, 2.24) is 15.2 Å². The average Bonchev–Trinajstić information content (AvgIpc) is 3.46. The zero-order chi connectivity index (χ0) is 20.5. The van der Waals surface area contributed by atoms with Crippen LogP contribution in [0.5, 0.6) is 5.75 Å². The number of fused-ring (bicyclic) bond motifs is 1. The van der Waals surface area contributed by atoms with E-state index < -0.39 is 0 Å². The predicted octanol–water partition coefficient (Wildman–Crippen LogP) is 3.92. The molecule has 30 heavy (non-hydrogen) atoms. The minimum Gasteiger partial charge on any atom is -0.492 e. The molecular weight excluding hydrogens is 374 g/mol. The van der Waals surface area contributed by atoms with E-state index in [0.29, 0.717) is 17.7 Å².